The molecule has 0 unspecified atom stereocenters. The Kier molecular flexibility index (Phi) is 5.17. The van der Waals surface area contributed by atoms with E-state index in [1.165, 1.54) is 13.2 Å². The number of hydrogen-bond donors (Lipinski definition) is 2. The van der Waals surface area contributed by atoms with Gasteiger partial charge in [0.2, 0.25) is 5.91 Å². The van der Waals surface area contributed by atoms with Crippen LogP contribution in [-0.4, -0.2) is 28.0 Å². The lowest BCUT2D eigenvalue weighted by molar-refractivity contribution is -0.115. The SMILES string of the molecule is COc1ccc(C)cc1NC(=O)CNS(=O)(=O)c1cccs1. The van der Waals surface area contributed by atoms with Crippen LogP contribution in [0.4, 0.5) is 5.69 Å². The zero-order valence-corrected chi connectivity index (χ0v) is 13.8. The number of aryl methyl sites for hydroxylation is 1. The molecule has 6 nitrogen and oxygen atoms in total. The molecule has 0 aliphatic carbocycles. The van der Waals surface area contributed by atoms with E-state index in [0.29, 0.717) is 11.4 Å². The Hall–Kier alpha value is -1.90. The van der Waals surface area contributed by atoms with Crippen molar-refractivity contribution in [3.05, 3.63) is 41.3 Å². The number of carbonyl (C=O) groups is 1. The molecule has 8 heteroatoms. The molecule has 0 fully saturated rings. The summed E-state index contributed by atoms with van der Waals surface area (Å²) in [6.07, 6.45) is 0. The fourth-order valence-corrected chi connectivity index (χ4v) is 3.78. The molecule has 2 aromatic rings. The van der Waals surface area contributed by atoms with Crippen molar-refractivity contribution >= 4 is 33.0 Å². The minimum atomic E-state index is -3.65. The van der Waals surface area contributed by atoms with Crippen LogP contribution in [0.5, 0.6) is 5.75 Å². The van der Waals surface area contributed by atoms with Crippen LogP contribution in [0.1, 0.15) is 5.56 Å². The lowest BCUT2D eigenvalue weighted by Crippen LogP contribution is -2.32. The number of hydrogen-bond acceptors (Lipinski definition) is 5. The highest BCUT2D eigenvalue weighted by molar-refractivity contribution is 7.91. The quantitative estimate of drug-likeness (QED) is 0.842. The maximum atomic E-state index is 11.9. The van der Waals surface area contributed by atoms with E-state index in [2.05, 4.69) is 10.0 Å². The molecule has 0 saturated carbocycles. The van der Waals surface area contributed by atoms with Gasteiger partial charge in [0.1, 0.15) is 9.96 Å². The molecule has 0 aliphatic heterocycles. The lowest BCUT2D eigenvalue weighted by atomic mass is 10.2. The Bertz CT molecular complexity index is 755. The maximum absolute atomic E-state index is 11.9. The molecule has 0 atom stereocenters. The first-order valence-electron chi connectivity index (χ1n) is 6.40. The first kappa shape index (κ1) is 16.5. The topological polar surface area (TPSA) is 84.5 Å². The Balaban J connectivity index is 2.01. The number of sulfonamides is 1. The molecule has 0 bridgehead atoms. The first-order valence-corrected chi connectivity index (χ1v) is 8.76. The largest absolute Gasteiger partial charge is 0.495 e. The molecular weight excluding hydrogens is 324 g/mol. The Morgan fingerprint density at radius 2 is 2.09 bits per heavy atom. The minimum absolute atomic E-state index is 0.174. The maximum Gasteiger partial charge on any atom is 0.250 e. The fraction of sp³-hybridized carbons (Fsp3) is 0.214. The number of benzene rings is 1. The highest BCUT2D eigenvalue weighted by Gasteiger charge is 2.17. The van der Waals surface area contributed by atoms with Crippen LogP contribution in [0.15, 0.2) is 39.9 Å². The third kappa shape index (κ3) is 4.06. The smallest absolute Gasteiger partial charge is 0.250 e. The van der Waals surface area contributed by atoms with Crippen molar-refractivity contribution in [1.82, 2.24) is 4.72 Å². The number of rotatable bonds is 6. The van der Waals surface area contributed by atoms with Crippen LogP contribution in [-0.2, 0) is 14.8 Å². The molecule has 2 N–H and O–H groups in total. The molecule has 1 aromatic carbocycles. The molecule has 1 heterocycles. The summed E-state index contributed by atoms with van der Waals surface area (Å²) in [4.78, 5) is 11.9. The second-order valence-corrected chi connectivity index (χ2v) is 7.45. The molecule has 0 spiro atoms. The Morgan fingerprint density at radius 3 is 2.73 bits per heavy atom. The highest BCUT2D eigenvalue weighted by atomic mass is 32.2. The van der Waals surface area contributed by atoms with E-state index >= 15 is 0 Å². The van der Waals surface area contributed by atoms with E-state index in [0.717, 1.165) is 16.9 Å². The van der Waals surface area contributed by atoms with Crippen LogP contribution in [0.3, 0.4) is 0 Å². The van der Waals surface area contributed by atoms with Gasteiger partial charge in [-0.3, -0.25) is 4.79 Å². The average molecular weight is 340 g/mol. The van der Waals surface area contributed by atoms with Crippen LogP contribution in [0, 0.1) is 6.92 Å². The van der Waals surface area contributed by atoms with E-state index in [1.807, 2.05) is 13.0 Å². The summed E-state index contributed by atoms with van der Waals surface area (Å²) in [5, 5.41) is 4.29. The minimum Gasteiger partial charge on any atom is -0.495 e. The number of thiophene rings is 1. The third-order valence-corrected chi connectivity index (χ3v) is 5.61. The van der Waals surface area contributed by atoms with Crippen LogP contribution in [0.2, 0.25) is 0 Å². The van der Waals surface area contributed by atoms with Crippen LogP contribution >= 0.6 is 11.3 Å². The van der Waals surface area contributed by atoms with Crippen LogP contribution in [0.25, 0.3) is 0 Å². The molecule has 22 heavy (non-hydrogen) atoms. The van der Waals surface area contributed by atoms with Gasteiger partial charge in [-0.25, -0.2) is 13.1 Å². The van der Waals surface area contributed by atoms with Gasteiger partial charge in [0.15, 0.2) is 0 Å². The normalized spacial score (nSPS) is 11.2. The van der Waals surface area contributed by atoms with Gasteiger partial charge < -0.3 is 10.1 Å². The summed E-state index contributed by atoms with van der Waals surface area (Å²) >= 11 is 1.09. The van der Waals surface area contributed by atoms with Gasteiger partial charge >= 0.3 is 0 Å². The number of ether oxygens (including phenoxy) is 1. The number of amides is 1. The highest BCUT2D eigenvalue weighted by Crippen LogP contribution is 2.25. The molecular formula is C14H16N2O4S2. The molecule has 1 aromatic heterocycles. The summed E-state index contributed by atoms with van der Waals surface area (Å²) < 4.78 is 31.4. The van der Waals surface area contributed by atoms with Crippen molar-refractivity contribution in [2.24, 2.45) is 0 Å². The Labute approximate surface area is 133 Å². The van der Waals surface area contributed by atoms with Gasteiger partial charge in [-0.05, 0) is 36.1 Å². The number of nitrogens with one attached hydrogen (secondary N) is 2. The fourth-order valence-electron chi connectivity index (χ4n) is 1.76. The van der Waals surface area contributed by atoms with Crippen molar-refractivity contribution < 1.29 is 17.9 Å². The second kappa shape index (κ2) is 6.91. The lowest BCUT2D eigenvalue weighted by Gasteiger charge is -2.11. The van der Waals surface area contributed by atoms with E-state index in [9.17, 15) is 13.2 Å². The number of anilines is 1. The molecule has 1 amide bonds. The molecule has 2 rings (SSSR count). The van der Waals surface area contributed by atoms with Crippen molar-refractivity contribution in [3.8, 4) is 5.75 Å². The van der Waals surface area contributed by atoms with Crippen molar-refractivity contribution in [3.63, 3.8) is 0 Å². The van der Waals surface area contributed by atoms with Crippen molar-refractivity contribution in [2.45, 2.75) is 11.1 Å². The molecule has 0 aliphatic rings. The van der Waals surface area contributed by atoms with Gasteiger partial charge in [0, 0.05) is 0 Å². The first-order chi connectivity index (χ1) is 10.4. The monoisotopic (exact) mass is 340 g/mol. The summed E-state index contributed by atoms with van der Waals surface area (Å²) in [6.45, 7) is 1.53. The summed E-state index contributed by atoms with van der Waals surface area (Å²) in [5.41, 5.74) is 1.46. The molecule has 118 valence electrons. The summed E-state index contributed by atoms with van der Waals surface area (Å²) in [6, 6.07) is 8.46. The number of carbonyl (C=O) groups excluding carboxylic acids is 1. The Morgan fingerprint density at radius 1 is 1.32 bits per heavy atom. The van der Waals surface area contributed by atoms with Gasteiger partial charge in [-0.2, -0.15) is 0 Å². The van der Waals surface area contributed by atoms with Gasteiger partial charge in [-0.1, -0.05) is 12.1 Å². The van der Waals surface area contributed by atoms with Crippen molar-refractivity contribution in [1.29, 1.82) is 0 Å². The molecule has 0 saturated heterocycles. The third-order valence-electron chi connectivity index (χ3n) is 2.81. The summed E-state index contributed by atoms with van der Waals surface area (Å²) in [7, 11) is -2.15. The second-order valence-electron chi connectivity index (χ2n) is 4.51. The van der Waals surface area contributed by atoms with Gasteiger partial charge in [0.25, 0.3) is 10.0 Å². The predicted molar refractivity (Wildman–Crippen MR) is 85.9 cm³/mol. The summed E-state index contributed by atoms with van der Waals surface area (Å²) in [5.74, 6) is 0.0455. The van der Waals surface area contributed by atoms with E-state index in [4.69, 9.17) is 4.74 Å². The average Bonchev–Trinajstić information content (AvgIpc) is 3.01. The predicted octanol–water partition coefficient (Wildman–Crippen LogP) is 1.98. The van der Waals surface area contributed by atoms with E-state index in [-0.39, 0.29) is 10.8 Å². The zero-order valence-electron chi connectivity index (χ0n) is 12.1. The zero-order chi connectivity index (χ0) is 16.2. The van der Waals surface area contributed by atoms with Gasteiger partial charge in [0.05, 0.1) is 19.3 Å². The van der Waals surface area contributed by atoms with E-state index in [1.54, 1.807) is 23.6 Å². The standard InChI is InChI=1S/C14H16N2O4S2/c1-10-5-6-12(20-2)11(8-10)16-13(17)9-15-22(18,19)14-4-3-7-21-14/h3-8,15H,9H2,1-2H3,(H,16,17). The van der Waals surface area contributed by atoms with Gasteiger partial charge in [-0.15, -0.1) is 11.3 Å². The van der Waals surface area contributed by atoms with Crippen molar-refractivity contribution in [2.75, 3.05) is 19.0 Å². The van der Waals surface area contributed by atoms with Crippen LogP contribution < -0.4 is 14.8 Å². The van der Waals surface area contributed by atoms with E-state index < -0.39 is 15.9 Å². The number of methoxy groups -OCH3 is 1. The molecule has 0 radical (unpaired) electrons.